The quantitative estimate of drug-likeness (QED) is 0.755. The third-order valence-corrected chi connectivity index (χ3v) is 3.57. The first-order chi connectivity index (χ1) is 7.68. The molecule has 1 heterocycles. The molecule has 0 aromatic rings. The number of urea groups is 1. The summed E-state index contributed by atoms with van der Waals surface area (Å²) < 4.78 is 0. The minimum Gasteiger partial charge on any atom is -0.480 e. The predicted molar refractivity (Wildman–Crippen MR) is 58.1 cm³/mol. The summed E-state index contributed by atoms with van der Waals surface area (Å²) in [6.45, 7) is 1.26. The van der Waals surface area contributed by atoms with Crippen LogP contribution in [0.3, 0.4) is 0 Å². The molecule has 0 radical (unpaired) electrons. The summed E-state index contributed by atoms with van der Waals surface area (Å²) in [6.07, 6.45) is 4.98. The van der Waals surface area contributed by atoms with Gasteiger partial charge in [0.1, 0.15) is 6.04 Å². The number of likely N-dealkylation sites (tertiary alicyclic amines) is 1. The zero-order valence-electron chi connectivity index (χ0n) is 9.32. The van der Waals surface area contributed by atoms with Gasteiger partial charge in [-0.05, 0) is 31.6 Å². The number of amides is 2. The summed E-state index contributed by atoms with van der Waals surface area (Å²) in [4.78, 5) is 24.1. The van der Waals surface area contributed by atoms with E-state index in [-0.39, 0.29) is 6.03 Å². The van der Waals surface area contributed by atoms with Crippen molar-refractivity contribution in [3.05, 3.63) is 0 Å². The van der Waals surface area contributed by atoms with Crippen molar-refractivity contribution in [2.75, 3.05) is 13.1 Å². The highest BCUT2D eigenvalue weighted by Crippen LogP contribution is 2.25. The lowest BCUT2D eigenvalue weighted by Crippen LogP contribution is -2.47. The van der Waals surface area contributed by atoms with Gasteiger partial charge in [-0.25, -0.2) is 9.59 Å². The van der Waals surface area contributed by atoms with Crippen molar-refractivity contribution < 1.29 is 14.7 Å². The fourth-order valence-electron chi connectivity index (χ4n) is 2.30. The van der Waals surface area contributed by atoms with Crippen molar-refractivity contribution in [3.8, 4) is 0 Å². The van der Waals surface area contributed by atoms with Crippen LogP contribution in [-0.4, -0.2) is 41.1 Å². The van der Waals surface area contributed by atoms with Crippen LogP contribution in [0.5, 0.6) is 0 Å². The Balaban J connectivity index is 1.80. The second-order valence-corrected chi connectivity index (χ2v) is 4.67. The molecule has 0 unspecified atom stereocenters. The molecule has 2 aliphatic rings. The van der Waals surface area contributed by atoms with Gasteiger partial charge in [0.15, 0.2) is 0 Å². The molecule has 1 aliphatic heterocycles. The maximum absolute atomic E-state index is 11.8. The average Bonchev–Trinajstić information content (AvgIpc) is 2.63. The molecule has 1 aliphatic carbocycles. The van der Waals surface area contributed by atoms with E-state index in [2.05, 4.69) is 5.32 Å². The number of aliphatic carboxylic acids is 1. The van der Waals surface area contributed by atoms with Crippen LogP contribution in [0.2, 0.25) is 0 Å². The first-order valence-corrected chi connectivity index (χ1v) is 5.96. The Morgan fingerprint density at radius 1 is 1.25 bits per heavy atom. The Bertz CT molecular complexity index is 289. The van der Waals surface area contributed by atoms with E-state index in [1.165, 1.54) is 24.2 Å². The van der Waals surface area contributed by atoms with E-state index >= 15 is 0 Å². The van der Waals surface area contributed by atoms with Gasteiger partial charge >= 0.3 is 12.0 Å². The summed E-state index contributed by atoms with van der Waals surface area (Å²) in [5.74, 6) is -0.286. The van der Waals surface area contributed by atoms with E-state index in [0.717, 1.165) is 6.42 Å². The number of rotatable bonds is 3. The van der Waals surface area contributed by atoms with Gasteiger partial charge in [0.25, 0.3) is 0 Å². The van der Waals surface area contributed by atoms with Crippen LogP contribution in [0.4, 0.5) is 4.79 Å². The van der Waals surface area contributed by atoms with E-state index in [4.69, 9.17) is 5.11 Å². The number of carboxylic acids is 1. The Hall–Kier alpha value is -1.26. The molecule has 2 rings (SSSR count). The standard InChI is InChI=1S/C11H18N2O3/c14-10(15)9-5-2-6-13(9)11(16)12-7-8-3-1-4-8/h8-9H,1-7H2,(H,12,16)(H,14,15)/t9-/m0/s1. The molecule has 1 atom stereocenters. The van der Waals surface area contributed by atoms with Crippen molar-refractivity contribution in [2.45, 2.75) is 38.1 Å². The lowest BCUT2D eigenvalue weighted by Gasteiger charge is -2.28. The largest absolute Gasteiger partial charge is 0.480 e. The minimum absolute atomic E-state index is 0.211. The Kier molecular flexibility index (Phi) is 3.31. The molecule has 0 bridgehead atoms. The van der Waals surface area contributed by atoms with Crippen LogP contribution in [0.1, 0.15) is 32.1 Å². The molecule has 2 N–H and O–H groups in total. The molecular formula is C11H18N2O3. The van der Waals surface area contributed by atoms with E-state index in [9.17, 15) is 9.59 Å². The van der Waals surface area contributed by atoms with Crippen molar-refractivity contribution >= 4 is 12.0 Å². The number of carbonyl (C=O) groups excluding carboxylic acids is 1. The van der Waals surface area contributed by atoms with E-state index < -0.39 is 12.0 Å². The number of carboxylic acid groups (broad SMARTS) is 1. The fourth-order valence-corrected chi connectivity index (χ4v) is 2.30. The SMILES string of the molecule is O=C(O)[C@@H]1CCCN1C(=O)NCC1CCC1. The fraction of sp³-hybridized carbons (Fsp3) is 0.818. The Labute approximate surface area is 94.8 Å². The third kappa shape index (κ3) is 2.28. The number of carbonyl (C=O) groups is 2. The number of nitrogens with one attached hydrogen (secondary N) is 1. The molecule has 2 amide bonds. The van der Waals surface area contributed by atoms with Gasteiger partial charge in [-0.1, -0.05) is 6.42 Å². The predicted octanol–water partition coefficient (Wildman–Crippen LogP) is 1.05. The van der Waals surface area contributed by atoms with Gasteiger partial charge in [0.2, 0.25) is 0 Å². The lowest BCUT2D eigenvalue weighted by atomic mass is 9.85. The smallest absolute Gasteiger partial charge is 0.326 e. The second kappa shape index (κ2) is 4.72. The monoisotopic (exact) mass is 226 g/mol. The Morgan fingerprint density at radius 3 is 2.56 bits per heavy atom. The van der Waals surface area contributed by atoms with Crippen molar-refractivity contribution in [1.29, 1.82) is 0 Å². The van der Waals surface area contributed by atoms with E-state index in [1.54, 1.807) is 0 Å². The molecule has 1 saturated carbocycles. The normalized spacial score (nSPS) is 25.2. The highest BCUT2D eigenvalue weighted by molar-refractivity contribution is 5.83. The topological polar surface area (TPSA) is 69.6 Å². The number of hydrogen-bond acceptors (Lipinski definition) is 2. The molecule has 5 heteroatoms. The molecule has 0 spiro atoms. The number of nitrogens with zero attached hydrogens (tertiary/aromatic N) is 1. The van der Waals surface area contributed by atoms with E-state index in [0.29, 0.717) is 25.4 Å². The molecule has 0 aromatic carbocycles. The summed E-state index contributed by atoms with van der Waals surface area (Å²) in [6, 6.07) is -0.835. The molecule has 0 aromatic heterocycles. The maximum atomic E-state index is 11.8. The van der Waals surface area contributed by atoms with Crippen LogP contribution >= 0.6 is 0 Å². The van der Waals surface area contributed by atoms with E-state index in [1.807, 2.05) is 0 Å². The summed E-state index contributed by atoms with van der Waals surface area (Å²) in [7, 11) is 0. The summed E-state index contributed by atoms with van der Waals surface area (Å²) >= 11 is 0. The van der Waals surface area contributed by atoms with Gasteiger partial charge in [0, 0.05) is 13.1 Å². The summed E-state index contributed by atoms with van der Waals surface area (Å²) in [5, 5.41) is 11.8. The highest BCUT2D eigenvalue weighted by atomic mass is 16.4. The number of hydrogen-bond donors (Lipinski definition) is 2. The van der Waals surface area contributed by atoms with Crippen molar-refractivity contribution in [1.82, 2.24) is 10.2 Å². The molecule has 5 nitrogen and oxygen atoms in total. The van der Waals surface area contributed by atoms with Crippen LogP contribution < -0.4 is 5.32 Å². The zero-order chi connectivity index (χ0) is 11.5. The molecule has 16 heavy (non-hydrogen) atoms. The second-order valence-electron chi connectivity index (χ2n) is 4.67. The highest BCUT2D eigenvalue weighted by Gasteiger charge is 2.34. The first kappa shape index (κ1) is 11.2. The molecule has 2 fully saturated rings. The first-order valence-electron chi connectivity index (χ1n) is 5.96. The zero-order valence-corrected chi connectivity index (χ0v) is 9.32. The molecule has 90 valence electrons. The van der Waals surface area contributed by atoms with Gasteiger partial charge in [0.05, 0.1) is 0 Å². The third-order valence-electron chi connectivity index (χ3n) is 3.57. The van der Waals surface area contributed by atoms with Crippen LogP contribution in [0.25, 0.3) is 0 Å². The Morgan fingerprint density at radius 2 is 2.00 bits per heavy atom. The summed E-state index contributed by atoms with van der Waals surface area (Å²) in [5.41, 5.74) is 0. The van der Waals surface area contributed by atoms with Gasteiger partial charge < -0.3 is 15.3 Å². The lowest BCUT2D eigenvalue weighted by molar-refractivity contribution is -0.141. The average molecular weight is 226 g/mol. The maximum Gasteiger partial charge on any atom is 0.326 e. The van der Waals surface area contributed by atoms with Crippen LogP contribution in [-0.2, 0) is 4.79 Å². The van der Waals surface area contributed by atoms with Gasteiger partial charge in [-0.3, -0.25) is 0 Å². The van der Waals surface area contributed by atoms with Gasteiger partial charge in [-0.15, -0.1) is 0 Å². The van der Waals surface area contributed by atoms with Crippen LogP contribution in [0.15, 0.2) is 0 Å². The van der Waals surface area contributed by atoms with Crippen LogP contribution in [0, 0.1) is 5.92 Å². The molecule has 1 saturated heterocycles. The van der Waals surface area contributed by atoms with Crippen molar-refractivity contribution in [2.24, 2.45) is 5.92 Å². The van der Waals surface area contributed by atoms with Gasteiger partial charge in [-0.2, -0.15) is 0 Å². The molecular weight excluding hydrogens is 208 g/mol. The minimum atomic E-state index is -0.892. The van der Waals surface area contributed by atoms with Crippen molar-refractivity contribution in [3.63, 3.8) is 0 Å².